The molecule has 2 amide bonds. The normalized spacial score (nSPS) is 15.1. The molecule has 1 unspecified atom stereocenters. The highest BCUT2D eigenvalue weighted by Crippen LogP contribution is 2.24. The zero-order valence-corrected chi connectivity index (χ0v) is 15.5. The van der Waals surface area contributed by atoms with E-state index in [0.29, 0.717) is 18.0 Å². The molecule has 1 atom stereocenters. The van der Waals surface area contributed by atoms with Gasteiger partial charge in [-0.1, -0.05) is 24.3 Å². The minimum absolute atomic E-state index is 0.207. The molecule has 1 fully saturated rings. The quantitative estimate of drug-likeness (QED) is 0.789. The lowest BCUT2D eigenvalue weighted by Gasteiger charge is -2.17. The van der Waals surface area contributed by atoms with E-state index >= 15 is 0 Å². The molecule has 0 aliphatic heterocycles. The van der Waals surface area contributed by atoms with Crippen LogP contribution in [0.1, 0.15) is 48.5 Å². The summed E-state index contributed by atoms with van der Waals surface area (Å²) >= 11 is 0. The lowest BCUT2D eigenvalue weighted by molar-refractivity contribution is -0.122. The van der Waals surface area contributed by atoms with Gasteiger partial charge in [0, 0.05) is 23.9 Å². The van der Waals surface area contributed by atoms with Crippen molar-refractivity contribution in [2.45, 2.75) is 51.3 Å². The monoisotopic (exact) mass is 367 g/mol. The summed E-state index contributed by atoms with van der Waals surface area (Å²) in [4.78, 5) is 28.8. The molecule has 2 N–H and O–H groups in total. The van der Waals surface area contributed by atoms with Gasteiger partial charge in [0.2, 0.25) is 11.8 Å². The highest BCUT2D eigenvalue weighted by molar-refractivity contribution is 5.97. The van der Waals surface area contributed by atoms with Crippen LogP contribution in [0, 0.1) is 0 Å². The van der Waals surface area contributed by atoms with Crippen LogP contribution in [-0.4, -0.2) is 28.9 Å². The van der Waals surface area contributed by atoms with Gasteiger partial charge in [-0.3, -0.25) is 9.59 Å². The first kappa shape index (κ1) is 18.9. The van der Waals surface area contributed by atoms with Crippen molar-refractivity contribution in [1.82, 2.24) is 15.6 Å². The van der Waals surface area contributed by atoms with Gasteiger partial charge >= 0.3 is 0 Å². The Morgan fingerprint density at radius 1 is 1.15 bits per heavy atom. The second kappa shape index (κ2) is 9.16. The maximum absolute atomic E-state index is 12.4. The molecule has 142 valence electrons. The Balaban J connectivity index is 1.53. The third kappa shape index (κ3) is 5.29. The number of carbonyl (C=O) groups is 2. The number of rotatable bonds is 7. The van der Waals surface area contributed by atoms with Crippen molar-refractivity contribution in [2.75, 3.05) is 0 Å². The van der Waals surface area contributed by atoms with E-state index in [1.807, 2.05) is 18.2 Å². The molecule has 6 nitrogen and oxygen atoms in total. The molecule has 0 saturated heterocycles. The Bertz CT molecular complexity index is 773. The SMILES string of the molecule is CC(NC(=O)c1ccccc1)C(=O)NCc1cccnc1OC1CCCC1. The zero-order valence-electron chi connectivity index (χ0n) is 15.5. The predicted molar refractivity (Wildman–Crippen MR) is 102 cm³/mol. The third-order valence-electron chi connectivity index (χ3n) is 4.66. The minimum Gasteiger partial charge on any atom is -0.474 e. The van der Waals surface area contributed by atoms with E-state index in [1.165, 1.54) is 12.8 Å². The lowest BCUT2D eigenvalue weighted by atomic mass is 10.2. The van der Waals surface area contributed by atoms with Crippen molar-refractivity contribution < 1.29 is 14.3 Å². The summed E-state index contributed by atoms with van der Waals surface area (Å²) in [5.74, 6) is 0.0468. The molecule has 6 heteroatoms. The summed E-state index contributed by atoms with van der Waals surface area (Å²) < 4.78 is 5.99. The van der Waals surface area contributed by atoms with Crippen LogP contribution in [0.25, 0.3) is 0 Å². The molecular weight excluding hydrogens is 342 g/mol. The van der Waals surface area contributed by atoms with Gasteiger partial charge < -0.3 is 15.4 Å². The number of nitrogens with zero attached hydrogens (tertiary/aromatic N) is 1. The Morgan fingerprint density at radius 3 is 2.63 bits per heavy atom. The van der Waals surface area contributed by atoms with Crippen molar-refractivity contribution in [2.24, 2.45) is 0 Å². The van der Waals surface area contributed by atoms with E-state index in [4.69, 9.17) is 4.74 Å². The Labute approximate surface area is 159 Å². The van der Waals surface area contributed by atoms with Gasteiger partial charge in [-0.15, -0.1) is 0 Å². The first-order valence-corrected chi connectivity index (χ1v) is 9.37. The number of pyridine rings is 1. The number of carbonyl (C=O) groups excluding carboxylic acids is 2. The summed E-state index contributed by atoms with van der Waals surface area (Å²) in [7, 11) is 0. The molecule has 0 radical (unpaired) electrons. The maximum atomic E-state index is 12.4. The maximum Gasteiger partial charge on any atom is 0.251 e. The predicted octanol–water partition coefficient (Wildman–Crippen LogP) is 2.84. The molecule has 1 aromatic carbocycles. The van der Waals surface area contributed by atoms with Crippen molar-refractivity contribution >= 4 is 11.8 Å². The molecule has 1 aromatic heterocycles. The molecular formula is C21H25N3O3. The van der Waals surface area contributed by atoms with Crippen LogP contribution in [0.4, 0.5) is 0 Å². The molecule has 0 bridgehead atoms. The van der Waals surface area contributed by atoms with Gasteiger partial charge in [-0.25, -0.2) is 4.98 Å². The fourth-order valence-electron chi connectivity index (χ4n) is 3.10. The van der Waals surface area contributed by atoms with Crippen LogP contribution in [0.5, 0.6) is 5.88 Å². The van der Waals surface area contributed by atoms with Crippen LogP contribution in [0.2, 0.25) is 0 Å². The molecule has 1 aliphatic carbocycles. The van der Waals surface area contributed by atoms with Crippen LogP contribution < -0.4 is 15.4 Å². The summed E-state index contributed by atoms with van der Waals surface area (Å²) in [6.45, 7) is 1.97. The van der Waals surface area contributed by atoms with Crippen molar-refractivity contribution in [3.63, 3.8) is 0 Å². The second-order valence-electron chi connectivity index (χ2n) is 6.77. The van der Waals surface area contributed by atoms with Crippen LogP contribution >= 0.6 is 0 Å². The number of aromatic nitrogens is 1. The third-order valence-corrected chi connectivity index (χ3v) is 4.66. The number of amides is 2. The molecule has 3 rings (SSSR count). The molecule has 1 aliphatic rings. The highest BCUT2D eigenvalue weighted by Gasteiger charge is 2.20. The molecule has 2 aromatic rings. The lowest BCUT2D eigenvalue weighted by Crippen LogP contribution is -2.44. The largest absolute Gasteiger partial charge is 0.474 e. The van der Waals surface area contributed by atoms with Gasteiger partial charge in [-0.05, 0) is 50.8 Å². The van der Waals surface area contributed by atoms with E-state index in [-0.39, 0.29) is 17.9 Å². The number of benzene rings is 1. The average Bonchev–Trinajstić information content (AvgIpc) is 3.20. The number of nitrogens with one attached hydrogen (secondary N) is 2. The van der Waals surface area contributed by atoms with Crippen molar-refractivity contribution in [1.29, 1.82) is 0 Å². The van der Waals surface area contributed by atoms with E-state index in [2.05, 4.69) is 15.6 Å². The molecule has 1 heterocycles. The van der Waals surface area contributed by atoms with Gasteiger partial charge in [0.25, 0.3) is 5.91 Å². The molecule has 1 saturated carbocycles. The van der Waals surface area contributed by atoms with E-state index in [1.54, 1.807) is 37.4 Å². The summed E-state index contributed by atoms with van der Waals surface area (Å²) in [6, 6.07) is 11.9. The topological polar surface area (TPSA) is 80.3 Å². The number of hydrogen-bond donors (Lipinski definition) is 2. The first-order valence-electron chi connectivity index (χ1n) is 9.37. The van der Waals surface area contributed by atoms with Gasteiger partial charge in [0.1, 0.15) is 12.1 Å². The Kier molecular flexibility index (Phi) is 6.41. The fraction of sp³-hybridized carbons (Fsp3) is 0.381. The smallest absolute Gasteiger partial charge is 0.251 e. The Hall–Kier alpha value is -2.89. The van der Waals surface area contributed by atoms with Gasteiger partial charge in [0.15, 0.2) is 0 Å². The van der Waals surface area contributed by atoms with Crippen LogP contribution in [0.15, 0.2) is 48.7 Å². The summed E-state index contributed by atoms with van der Waals surface area (Å²) in [6.07, 6.45) is 6.36. The zero-order chi connectivity index (χ0) is 19.1. The summed E-state index contributed by atoms with van der Waals surface area (Å²) in [5.41, 5.74) is 1.36. The molecule has 0 spiro atoms. The van der Waals surface area contributed by atoms with Crippen LogP contribution in [-0.2, 0) is 11.3 Å². The fourth-order valence-corrected chi connectivity index (χ4v) is 3.10. The highest BCUT2D eigenvalue weighted by atomic mass is 16.5. The molecule has 27 heavy (non-hydrogen) atoms. The summed E-state index contributed by atoms with van der Waals surface area (Å²) in [5, 5.41) is 5.55. The number of hydrogen-bond acceptors (Lipinski definition) is 4. The second-order valence-corrected chi connectivity index (χ2v) is 6.77. The van der Waals surface area contributed by atoms with Crippen molar-refractivity contribution in [3.8, 4) is 5.88 Å². The van der Waals surface area contributed by atoms with Crippen molar-refractivity contribution in [3.05, 3.63) is 59.8 Å². The average molecular weight is 367 g/mol. The minimum atomic E-state index is -0.645. The van der Waals surface area contributed by atoms with Gasteiger partial charge in [0.05, 0.1) is 0 Å². The van der Waals surface area contributed by atoms with E-state index < -0.39 is 6.04 Å². The number of ether oxygens (including phenoxy) is 1. The van der Waals surface area contributed by atoms with E-state index in [0.717, 1.165) is 18.4 Å². The van der Waals surface area contributed by atoms with Crippen LogP contribution in [0.3, 0.4) is 0 Å². The van der Waals surface area contributed by atoms with Gasteiger partial charge in [-0.2, -0.15) is 0 Å². The Morgan fingerprint density at radius 2 is 1.89 bits per heavy atom. The van der Waals surface area contributed by atoms with E-state index in [9.17, 15) is 9.59 Å². The standard InChI is InChI=1S/C21H25N3O3/c1-15(24-20(26)16-8-3-2-4-9-16)19(25)23-14-17-10-7-13-22-21(17)27-18-11-5-6-12-18/h2-4,7-10,13,15,18H,5-6,11-12,14H2,1H3,(H,23,25)(H,24,26). The first-order chi connectivity index (χ1) is 13.1.